The van der Waals surface area contributed by atoms with Gasteiger partial charge in [0.2, 0.25) is 0 Å². The van der Waals surface area contributed by atoms with Crippen molar-refractivity contribution in [3.05, 3.63) is 15.8 Å². The molecule has 0 bridgehead atoms. The van der Waals surface area contributed by atoms with Gasteiger partial charge in [0.15, 0.2) is 0 Å². The molecule has 2 fully saturated rings. The minimum atomic E-state index is 0.109. The molecule has 2 atom stereocenters. The number of methoxy groups -OCH3 is 1. The summed E-state index contributed by atoms with van der Waals surface area (Å²) >= 11 is 1.52. The Morgan fingerprint density at radius 3 is 2.77 bits per heavy atom. The molecule has 3 heterocycles. The van der Waals surface area contributed by atoms with Gasteiger partial charge in [0.25, 0.3) is 5.91 Å². The van der Waals surface area contributed by atoms with Gasteiger partial charge in [-0.1, -0.05) is 6.92 Å². The molecule has 1 aromatic rings. The van der Waals surface area contributed by atoms with Crippen LogP contribution in [0.15, 0.2) is 6.07 Å². The fourth-order valence-electron chi connectivity index (χ4n) is 3.44. The number of amides is 1. The van der Waals surface area contributed by atoms with Crippen LogP contribution in [0.3, 0.4) is 0 Å². The fraction of sp³-hybridized carbons (Fsp3) is 0.688. The number of morpholine rings is 1. The van der Waals surface area contributed by atoms with E-state index in [0.29, 0.717) is 17.7 Å². The first-order chi connectivity index (χ1) is 10.6. The van der Waals surface area contributed by atoms with E-state index in [1.807, 2.05) is 17.9 Å². The number of rotatable bonds is 3. The van der Waals surface area contributed by atoms with Crippen molar-refractivity contribution in [2.75, 3.05) is 46.5 Å². The summed E-state index contributed by atoms with van der Waals surface area (Å²) in [7, 11) is 1.63. The predicted octanol–water partition coefficient (Wildman–Crippen LogP) is 1.86. The number of hydrogen-bond acceptors (Lipinski definition) is 5. The largest absolute Gasteiger partial charge is 0.495 e. The van der Waals surface area contributed by atoms with Gasteiger partial charge in [0, 0.05) is 37.1 Å². The lowest BCUT2D eigenvalue weighted by atomic mass is 10.0. The van der Waals surface area contributed by atoms with Gasteiger partial charge in [0.05, 0.1) is 20.3 Å². The smallest absolute Gasteiger partial charge is 0.267 e. The van der Waals surface area contributed by atoms with Gasteiger partial charge in [-0.25, -0.2) is 0 Å². The van der Waals surface area contributed by atoms with E-state index in [2.05, 4.69) is 11.8 Å². The monoisotopic (exact) mass is 324 g/mol. The second kappa shape index (κ2) is 6.56. The summed E-state index contributed by atoms with van der Waals surface area (Å²) in [6, 6.07) is 2.39. The molecule has 2 aliphatic heterocycles. The van der Waals surface area contributed by atoms with E-state index >= 15 is 0 Å². The third-order valence-electron chi connectivity index (χ3n) is 4.61. The lowest BCUT2D eigenvalue weighted by molar-refractivity contribution is 0.0119. The van der Waals surface area contributed by atoms with Crippen molar-refractivity contribution in [1.82, 2.24) is 9.80 Å². The third-order valence-corrected chi connectivity index (χ3v) is 5.63. The zero-order valence-corrected chi connectivity index (χ0v) is 14.3. The summed E-state index contributed by atoms with van der Waals surface area (Å²) in [6.45, 7) is 9.42. The highest BCUT2D eigenvalue weighted by Gasteiger charge is 2.37. The molecule has 0 aliphatic carbocycles. The van der Waals surface area contributed by atoms with Crippen LogP contribution in [0, 0.1) is 12.8 Å². The second-order valence-electron chi connectivity index (χ2n) is 6.16. The summed E-state index contributed by atoms with van der Waals surface area (Å²) in [5.41, 5.74) is 0. The van der Waals surface area contributed by atoms with Crippen LogP contribution in [0.2, 0.25) is 0 Å². The Labute approximate surface area is 135 Å². The molecule has 2 saturated heterocycles. The molecule has 1 amide bonds. The average Bonchev–Trinajstić information content (AvgIpc) is 3.10. The first-order valence-electron chi connectivity index (χ1n) is 7.85. The van der Waals surface area contributed by atoms with E-state index in [9.17, 15) is 4.79 Å². The Balaban J connectivity index is 1.71. The third kappa shape index (κ3) is 3.00. The van der Waals surface area contributed by atoms with Crippen molar-refractivity contribution in [3.63, 3.8) is 0 Å². The number of carbonyl (C=O) groups is 1. The highest BCUT2D eigenvalue weighted by Crippen LogP contribution is 2.32. The van der Waals surface area contributed by atoms with Gasteiger partial charge in [-0.15, -0.1) is 11.3 Å². The Morgan fingerprint density at radius 2 is 2.09 bits per heavy atom. The van der Waals surface area contributed by atoms with Gasteiger partial charge >= 0.3 is 0 Å². The molecular weight excluding hydrogens is 300 g/mol. The molecule has 22 heavy (non-hydrogen) atoms. The van der Waals surface area contributed by atoms with E-state index < -0.39 is 0 Å². The maximum Gasteiger partial charge on any atom is 0.267 e. The number of ether oxygens (including phenoxy) is 2. The van der Waals surface area contributed by atoms with Crippen LogP contribution in [0.5, 0.6) is 5.75 Å². The fourth-order valence-corrected chi connectivity index (χ4v) is 4.38. The number of hydrogen-bond donors (Lipinski definition) is 0. The molecule has 0 aromatic carbocycles. The van der Waals surface area contributed by atoms with E-state index in [0.717, 1.165) is 49.1 Å². The molecule has 1 aromatic heterocycles. The predicted molar refractivity (Wildman–Crippen MR) is 86.9 cm³/mol. The van der Waals surface area contributed by atoms with Crippen LogP contribution >= 0.6 is 11.3 Å². The Hall–Kier alpha value is -1.11. The average molecular weight is 324 g/mol. The quantitative estimate of drug-likeness (QED) is 0.851. The van der Waals surface area contributed by atoms with Crippen molar-refractivity contribution in [1.29, 1.82) is 0 Å². The number of nitrogens with zero attached hydrogens (tertiary/aromatic N) is 2. The van der Waals surface area contributed by atoms with Gasteiger partial charge in [-0.2, -0.15) is 0 Å². The Kier molecular flexibility index (Phi) is 4.70. The van der Waals surface area contributed by atoms with E-state index in [-0.39, 0.29) is 5.91 Å². The molecule has 0 N–H and O–H groups in total. The zero-order chi connectivity index (χ0) is 15.7. The van der Waals surface area contributed by atoms with Crippen LogP contribution in [-0.4, -0.2) is 68.3 Å². The van der Waals surface area contributed by atoms with Crippen LogP contribution in [-0.2, 0) is 4.74 Å². The van der Waals surface area contributed by atoms with E-state index in [1.165, 1.54) is 11.3 Å². The summed E-state index contributed by atoms with van der Waals surface area (Å²) in [4.78, 5) is 19.1. The number of likely N-dealkylation sites (tertiary alicyclic amines) is 1. The summed E-state index contributed by atoms with van der Waals surface area (Å²) < 4.78 is 10.8. The van der Waals surface area contributed by atoms with Crippen molar-refractivity contribution in [2.45, 2.75) is 19.9 Å². The minimum absolute atomic E-state index is 0.109. The molecule has 0 saturated carbocycles. The first kappa shape index (κ1) is 15.8. The van der Waals surface area contributed by atoms with Crippen LogP contribution in [0.1, 0.15) is 21.5 Å². The molecule has 0 unspecified atom stereocenters. The van der Waals surface area contributed by atoms with Gasteiger partial charge < -0.3 is 14.4 Å². The molecule has 6 heteroatoms. The van der Waals surface area contributed by atoms with Crippen molar-refractivity contribution in [3.8, 4) is 5.75 Å². The number of aryl methyl sites for hydroxylation is 1. The van der Waals surface area contributed by atoms with Gasteiger partial charge in [-0.3, -0.25) is 9.69 Å². The van der Waals surface area contributed by atoms with Crippen LogP contribution < -0.4 is 4.74 Å². The molecule has 122 valence electrons. The maximum atomic E-state index is 12.8. The summed E-state index contributed by atoms with van der Waals surface area (Å²) in [6.07, 6.45) is 0. The minimum Gasteiger partial charge on any atom is -0.495 e. The SMILES string of the molecule is COc1cc(C)sc1C(=O)N1C[C@@H](N2CCOCC2)[C@@H](C)C1. The highest BCUT2D eigenvalue weighted by atomic mass is 32.1. The van der Waals surface area contributed by atoms with Crippen molar-refractivity contribution in [2.24, 2.45) is 5.92 Å². The normalized spacial score (nSPS) is 26.4. The topological polar surface area (TPSA) is 42.0 Å². The van der Waals surface area contributed by atoms with Gasteiger partial charge in [0.1, 0.15) is 10.6 Å². The summed E-state index contributed by atoms with van der Waals surface area (Å²) in [5.74, 6) is 1.31. The molecule has 3 rings (SSSR count). The van der Waals surface area contributed by atoms with Crippen molar-refractivity contribution < 1.29 is 14.3 Å². The summed E-state index contributed by atoms with van der Waals surface area (Å²) in [5, 5.41) is 0. The van der Waals surface area contributed by atoms with Crippen LogP contribution in [0.25, 0.3) is 0 Å². The standard InChI is InChI=1S/C16H24N2O3S/c1-11-9-18(10-13(11)17-4-6-21-7-5-17)16(19)15-14(20-3)8-12(2)22-15/h8,11,13H,4-7,9-10H2,1-3H3/t11-,13+/m0/s1. The van der Waals surface area contributed by atoms with Crippen molar-refractivity contribution >= 4 is 17.2 Å². The first-order valence-corrected chi connectivity index (χ1v) is 8.67. The molecule has 5 nitrogen and oxygen atoms in total. The lowest BCUT2D eigenvalue weighted by Crippen LogP contribution is -2.47. The molecule has 0 spiro atoms. The maximum absolute atomic E-state index is 12.8. The molecule has 2 aliphatic rings. The lowest BCUT2D eigenvalue weighted by Gasteiger charge is -2.33. The van der Waals surface area contributed by atoms with Gasteiger partial charge in [-0.05, 0) is 18.9 Å². The van der Waals surface area contributed by atoms with E-state index in [1.54, 1.807) is 7.11 Å². The number of carbonyl (C=O) groups excluding carboxylic acids is 1. The second-order valence-corrected chi connectivity index (χ2v) is 7.41. The number of thiophene rings is 1. The Bertz CT molecular complexity index is 539. The highest BCUT2D eigenvalue weighted by molar-refractivity contribution is 7.14. The molecule has 0 radical (unpaired) electrons. The zero-order valence-electron chi connectivity index (χ0n) is 13.5. The molecular formula is C16H24N2O3S. The van der Waals surface area contributed by atoms with Crippen LogP contribution in [0.4, 0.5) is 0 Å². The van der Waals surface area contributed by atoms with E-state index in [4.69, 9.17) is 9.47 Å². The Morgan fingerprint density at radius 1 is 1.36 bits per heavy atom.